The van der Waals surface area contributed by atoms with E-state index in [-0.39, 0.29) is 56.7 Å². The molecule has 5 heteroatoms. The van der Waals surface area contributed by atoms with Crippen molar-refractivity contribution in [1.82, 2.24) is 0 Å². The average molecular weight is 729 g/mol. The van der Waals surface area contributed by atoms with Crippen LogP contribution in [0.25, 0.3) is 16.5 Å². The Labute approximate surface area is 265 Å². The van der Waals surface area contributed by atoms with Crippen LogP contribution in [0.2, 0.25) is 0 Å². The second kappa shape index (κ2) is 23.8. The summed E-state index contributed by atoms with van der Waals surface area (Å²) in [5.74, 6) is 0. The van der Waals surface area contributed by atoms with Crippen molar-refractivity contribution in [1.29, 1.82) is 0 Å². The maximum atomic E-state index is 7.80. The Kier molecular flexibility index (Phi) is 23.1. The summed E-state index contributed by atoms with van der Waals surface area (Å²) in [5.41, 5.74) is 7.80. The van der Waals surface area contributed by atoms with Crippen molar-refractivity contribution in [2.24, 2.45) is 0 Å². The molecule has 0 heterocycles. The van der Waals surface area contributed by atoms with E-state index in [1.807, 2.05) is 0 Å². The van der Waals surface area contributed by atoms with E-state index in [1.165, 1.54) is 78.9 Å². The Hall–Kier alpha value is -1.10. The Balaban J connectivity index is 0.000000527. The first-order valence-corrected chi connectivity index (χ1v) is 14.5. The number of hydrogen-bond acceptors (Lipinski definition) is 0. The normalized spacial score (nSPS) is 14.2. The molecule has 2 radical (unpaired) electrons. The van der Waals surface area contributed by atoms with E-state index in [0.717, 1.165) is 22.4 Å². The fraction of sp³-hybridized carbons (Fsp3) is 0.364. The molecule has 5 rings (SSSR count). The number of rotatable bonds is 2. The van der Waals surface area contributed by atoms with Crippen molar-refractivity contribution in [2.45, 2.75) is 76.7 Å². The molecule has 200 valence electrons. The van der Waals surface area contributed by atoms with Crippen LogP contribution in [-0.2, 0) is 25.8 Å². The number of hydrogen-bond donors (Lipinski definition) is 0. The van der Waals surface area contributed by atoms with Gasteiger partial charge in [-0.2, -0.15) is 17.5 Å². The molecule has 38 heavy (non-hydrogen) atoms. The van der Waals surface area contributed by atoms with Crippen LogP contribution in [-0.4, -0.2) is 15.6 Å². The minimum Gasteiger partial charge on any atom is -1.00 e. The predicted octanol–water partition coefficient (Wildman–Crippen LogP) is 2.62. The summed E-state index contributed by atoms with van der Waals surface area (Å²) < 4.78 is 0. The van der Waals surface area contributed by atoms with Crippen molar-refractivity contribution < 1.29 is 50.7 Å². The molecule has 1 saturated carbocycles. The van der Waals surface area contributed by atoms with Crippen LogP contribution in [0.5, 0.6) is 0 Å². The van der Waals surface area contributed by atoms with Gasteiger partial charge in [0, 0.05) is 0 Å². The molecule has 1 fully saturated rings. The SMILES string of the molecule is [Cl-].[Cl-].[Hf+4].[NH-]C1CCCCCCCCCCC1.c1ccc([Si]c2ccccc2)cc1.c1ccc2[cH-]ccc2c1. The molecular formula is C33H41Cl2HfNSi. The molecule has 0 saturated heterocycles. The molecule has 0 aromatic heterocycles. The zero-order valence-electron chi connectivity index (χ0n) is 22.4. The molecule has 1 nitrogen and oxygen atoms in total. The standard InChI is InChI=1S/C12H24N.C12H10Si.C9H7.2ClH.Hf/c13-12-10-8-6-4-2-1-3-5-7-9-11-12;1-3-7-11(8-4-1)13-12-9-5-2-6-10-12;1-2-5-9-7-3-6-8(9)4-1;;;/h12-13H,1-11H2;1-10H;1-7H;2*1H;/q-1;;-1;;;+4/p-2. The second-order valence-electron chi connectivity index (χ2n) is 9.47. The van der Waals surface area contributed by atoms with Crippen LogP contribution in [0.1, 0.15) is 70.6 Å². The smallest absolute Gasteiger partial charge is 1.00 e. The van der Waals surface area contributed by atoms with Crippen LogP contribution in [0.4, 0.5) is 0 Å². The van der Waals surface area contributed by atoms with Crippen molar-refractivity contribution >= 4 is 30.7 Å². The van der Waals surface area contributed by atoms with Gasteiger partial charge < -0.3 is 30.5 Å². The maximum absolute atomic E-state index is 7.80. The van der Waals surface area contributed by atoms with E-state index < -0.39 is 0 Å². The van der Waals surface area contributed by atoms with Gasteiger partial charge in [0.05, 0.1) is 0 Å². The molecule has 0 aliphatic heterocycles. The van der Waals surface area contributed by atoms with Gasteiger partial charge in [0.1, 0.15) is 9.52 Å². The zero-order chi connectivity index (χ0) is 24.4. The van der Waals surface area contributed by atoms with E-state index >= 15 is 0 Å². The second-order valence-corrected chi connectivity index (χ2v) is 10.9. The Morgan fingerprint density at radius 1 is 0.553 bits per heavy atom. The third kappa shape index (κ3) is 16.1. The molecule has 0 bridgehead atoms. The minimum absolute atomic E-state index is 0. The molecular weight excluding hydrogens is 688 g/mol. The number of halogens is 2. The van der Waals surface area contributed by atoms with E-state index in [2.05, 4.69) is 103 Å². The van der Waals surface area contributed by atoms with Crippen molar-refractivity contribution in [3.8, 4) is 0 Å². The van der Waals surface area contributed by atoms with E-state index in [4.69, 9.17) is 5.73 Å². The molecule has 4 aromatic carbocycles. The monoisotopic (exact) mass is 729 g/mol. The Morgan fingerprint density at radius 2 is 0.974 bits per heavy atom. The number of nitrogens with one attached hydrogen (secondary N) is 1. The quantitative estimate of drug-likeness (QED) is 0.224. The molecule has 0 atom stereocenters. The molecule has 0 spiro atoms. The van der Waals surface area contributed by atoms with E-state index in [9.17, 15) is 0 Å². The third-order valence-electron chi connectivity index (χ3n) is 6.49. The summed E-state index contributed by atoms with van der Waals surface area (Å²) in [7, 11) is 0.777. The summed E-state index contributed by atoms with van der Waals surface area (Å²) >= 11 is 0. The third-order valence-corrected chi connectivity index (χ3v) is 7.73. The van der Waals surface area contributed by atoms with Gasteiger partial charge in [-0.05, 0) is 0 Å². The van der Waals surface area contributed by atoms with Gasteiger partial charge in [-0.25, -0.2) is 0 Å². The summed E-state index contributed by atoms with van der Waals surface area (Å²) in [6, 6.07) is 36.1. The van der Waals surface area contributed by atoms with Crippen molar-refractivity contribution in [2.75, 3.05) is 0 Å². The number of fused-ring (bicyclic) bond motifs is 1. The largest absolute Gasteiger partial charge is 4.00 e. The molecule has 0 amide bonds. The fourth-order valence-corrected chi connectivity index (χ4v) is 5.49. The van der Waals surface area contributed by atoms with Crippen LogP contribution in [0, 0.1) is 0 Å². The summed E-state index contributed by atoms with van der Waals surface area (Å²) in [5, 5.41) is 5.46. The zero-order valence-corrected chi connectivity index (χ0v) is 28.5. The fourth-order valence-electron chi connectivity index (χ4n) is 4.44. The van der Waals surface area contributed by atoms with E-state index in [0.29, 0.717) is 0 Å². The predicted molar refractivity (Wildman–Crippen MR) is 156 cm³/mol. The topological polar surface area (TPSA) is 23.8 Å². The van der Waals surface area contributed by atoms with Gasteiger partial charge in [-0.1, -0.05) is 148 Å². The first kappa shape index (κ1) is 36.9. The molecule has 0 unspecified atom stereocenters. The first-order chi connectivity index (χ1) is 17.3. The Bertz CT molecular complexity index is 963. The summed E-state index contributed by atoms with van der Waals surface area (Å²) in [6.45, 7) is 0. The maximum Gasteiger partial charge on any atom is 4.00 e. The minimum atomic E-state index is 0. The summed E-state index contributed by atoms with van der Waals surface area (Å²) in [6.07, 6.45) is 14.8. The first-order valence-electron chi connectivity index (χ1n) is 13.5. The van der Waals surface area contributed by atoms with Crippen molar-refractivity contribution in [3.63, 3.8) is 0 Å². The van der Waals surface area contributed by atoms with Crippen LogP contribution >= 0.6 is 0 Å². The Morgan fingerprint density at radius 3 is 1.45 bits per heavy atom. The van der Waals surface area contributed by atoms with Gasteiger partial charge >= 0.3 is 25.8 Å². The van der Waals surface area contributed by atoms with Crippen LogP contribution in [0.3, 0.4) is 0 Å². The molecule has 1 aliphatic carbocycles. The van der Waals surface area contributed by atoms with Crippen molar-refractivity contribution in [3.05, 3.63) is 109 Å². The van der Waals surface area contributed by atoms with Crippen LogP contribution in [0.15, 0.2) is 103 Å². The number of benzene rings is 3. The molecule has 4 aromatic rings. The average Bonchev–Trinajstić information content (AvgIpc) is 3.37. The molecule has 1 N–H and O–H groups in total. The molecule has 1 aliphatic rings. The van der Waals surface area contributed by atoms with Gasteiger partial charge in [-0.3, -0.25) is 0 Å². The summed E-state index contributed by atoms with van der Waals surface area (Å²) in [4.78, 5) is 0. The van der Waals surface area contributed by atoms with Gasteiger partial charge in [-0.15, -0.1) is 35.7 Å². The van der Waals surface area contributed by atoms with Crippen LogP contribution < -0.4 is 35.2 Å². The van der Waals surface area contributed by atoms with Gasteiger partial charge in [0.2, 0.25) is 0 Å². The van der Waals surface area contributed by atoms with E-state index in [1.54, 1.807) is 0 Å². The van der Waals surface area contributed by atoms with Gasteiger partial charge in [0.25, 0.3) is 0 Å². The van der Waals surface area contributed by atoms with Gasteiger partial charge in [0.15, 0.2) is 0 Å².